The SMILES string of the molecule is CN(CCO)C(=O)C1CCCCC1C(F)(F)F. The minimum Gasteiger partial charge on any atom is -0.395 e. The molecule has 6 heteroatoms. The van der Waals surface area contributed by atoms with E-state index in [9.17, 15) is 18.0 Å². The van der Waals surface area contributed by atoms with E-state index in [-0.39, 0.29) is 19.6 Å². The first kappa shape index (κ1) is 14.3. The molecule has 3 nitrogen and oxygen atoms in total. The smallest absolute Gasteiger partial charge is 0.392 e. The van der Waals surface area contributed by atoms with Gasteiger partial charge in [0.25, 0.3) is 0 Å². The molecule has 0 spiro atoms. The molecule has 2 unspecified atom stereocenters. The van der Waals surface area contributed by atoms with Crippen molar-refractivity contribution in [2.75, 3.05) is 20.2 Å². The second-order valence-corrected chi connectivity index (χ2v) is 4.52. The highest BCUT2D eigenvalue weighted by molar-refractivity contribution is 5.79. The fourth-order valence-corrected chi connectivity index (χ4v) is 2.36. The Morgan fingerprint density at radius 1 is 1.35 bits per heavy atom. The molecule has 2 atom stereocenters. The van der Waals surface area contributed by atoms with Crippen molar-refractivity contribution in [2.24, 2.45) is 11.8 Å². The minimum atomic E-state index is -4.30. The van der Waals surface area contributed by atoms with Gasteiger partial charge in [0.1, 0.15) is 0 Å². The van der Waals surface area contributed by atoms with Crippen LogP contribution in [0.5, 0.6) is 0 Å². The first-order valence-corrected chi connectivity index (χ1v) is 5.80. The molecule has 0 aromatic carbocycles. The Morgan fingerprint density at radius 3 is 2.47 bits per heavy atom. The third-order valence-electron chi connectivity index (χ3n) is 3.32. The van der Waals surface area contributed by atoms with E-state index in [0.717, 1.165) is 0 Å². The number of nitrogens with zero attached hydrogens (tertiary/aromatic N) is 1. The number of aliphatic hydroxyl groups is 1. The zero-order chi connectivity index (χ0) is 13.1. The van der Waals surface area contributed by atoms with Crippen molar-refractivity contribution in [2.45, 2.75) is 31.9 Å². The number of carbonyl (C=O) groups excluding carboxylic acids is 1. The van der Waals surface area contributed by atoms with Crippen molar-refractivity contribution in [3.05, 3.63) is 0 Å². The van der Waals surface area contributed by atoms with E-state index < -0.39 is 23.9 Å². The summed E-state index contributed by atoms with van der Waals surface area (Å²) in [6.45, 7) is -0.147. The lowest BCUT2D eigenvalue weighted by molar-refractivity contribution is -0.200. The van der Waals surface area contributed by atoms with Crippen LogP contribution >= 0.6 is 0 Å². The fraction of sp³-hybridized carbons (Fsp3) is 0.909. The molecule has 1 N–H and O–H groups in total. The molecule has 0 saturated heterocycles. The lowest BCUT2D eigenvalue weighted by Crippen LogP contribution is -2.44. The number of hydrogen-bond acceptors (Lipinski definition) is 2. The van der Waals surface area contributed by atoms with Gasteiger partial charge >= 0.3 is 6.18 Å². The topological polar surface area (TPSA) is 40.5 Å². The van der Waals surface area contributed by atoms with Gasteiger partial charge in [0.2, 0.25) is 5.91 Å². The molecule has 1 fully saturated rings. The Kier molecular flexibility index (Phi) is 4.80. The molecule has 1 aliphatic rings. The van der Waals surface area contributed by atoms with Gasteiger partial charge < -0.3 is 10.0 Å². The van der Waals surface area contributed by atoms with Crippen LogP contribution in [0.4, 0.5) is 13.2 Å². The molecule has 0 heterocycles. The number of alkyl halides is 3. The minimum absolute atomic E-state index is 0.0346. The van der Waals surface area contributed by atoms with Gasteiger partial charge in [-0.1, -0.05) is 12.8 Å². The quantitative estimate of drug-likeness (QED) is 0.833. The highest BCUT2D eigenvalue weighted by Crippen LogP contribution is 2.42. The summed E-state index contributed by atoms with van der Waals surface area (Å²) in [5.41, 5.74) is 0. The highest BCUT2D eigenvalue weighted by Gasteiger charge is 2.48. The normalized spacial score (nSPS) is 25.7. The Labute approximate surface area is 98.6 Å². The molecule has 0 aromatic heterocycles. The lowest BCUT2D eigenvalue weighted by Gasteiger charge is -2.34. The third-order valence-corrected chi connectivity index (χ3v) is 3.32. The standard InChI is InChI=1S/C11H18F3NO2/c1-15(6-7-16)10(17)8-4-2-3-5-9(8)11(12,13)14/h8-9,16H,2-7H2,1H3. The van der Waals surface area contributed by atoms with Gasteiger partial charge in [-0.15, -0.1) is 0 Å². The number of aliphatic hydroxyl groups excluding tert-OH is 1. The first-order chi connectivity index (χ1) is 7.88. The number of hydrogen-bond donors (Lipinski definition) is 1. The number of amides is 1. The summed E-state index contributed by atoms with van der Waals surface area (Å²) in [4.78, 5) is 13.0. The summed E-state index contributed by atoms with van der Waals surface area (Å²) in [5, 5.41) is 8.69. The number of likely N-dealkylation sites (N-methyl/N-ethyl adjacent to an activating group) is 1. The highest BCUT2D eigenvalue weighted by atomic mass is 19.4. The zero-order valence-electron chi connectivity index (χ0n) is 9.83. The predicted octanol–water partition coefficient (Wildman–Crippen LogP) is 1.81. The second-order valence-electron chi connectivity index (χ2n) is 4.52. The summed E-state index contributed by atoms with van der Waals surface area (Å²) in [7, 11) is 1.43. The molecule has 1 amide bonds. The van der Waals surface area contributed by atoms with E-state index in [2.05, 4.69) is 0 Å². The Bertz CT molecular complexity index is 268. The third kappa shape index (κ3) is 3.59. The van der Waals surface area contributed by atoms with Gasteiger partial charge in [-0.05, 0) is 12.8 Å². The molecule has 1 aliphatic carbocycles. The monoisotopic (exact) mass is 253 g/mol. The van der Waals surface area contributed by atoms with Crippen LogP contribution in [0.15, 0.2) is 0 Å². The lowest BCUT2D eigenvalue weighted by atomic mass is 9.78. The van der Waals surface area contributed by atoms with E-state index in [1.807, 2.05) is 0 Å². The van der Waals surface area contributed by atoms with E-state index in [4.69, 9.17) is 5.11 Å². The molecule has 0 aromatic rings. The van der Waals surface area contributed by atoms with E-state index in [1.54, 1.807) is 0 Å². The molecule has 100 valence electrons. The van der Waals surface area contributed by atoms with Crippen molar-refractivity contribution in [3.8, 4) is 0 Å². The van der Waals surface area contributed by atoms with Gasteiger partial charge in [-0.25, -0.2) is 0 Å². The van der Waals surface area contributed by atoms with Gasteiger partial charge in [-0.2, -0.15) is 13.2 Å². The van der Waals surface area contributed by atoms with Crippen LogP contribution in [-0.2, 0) is 4.79 Å². The van der Waals surface area contributed by atoms with Crippen LogP contribution in [-0.4, -0.2) is 42.3 Å². The van der Waals surface area contributed by atoms with Crippen LogP contribution in [0.3, 0.4) is 0 Å². The molecular formula is C11H18F3NO2. The van der Waals surface area contributed by atoms with Crippen molar-refractivity contribution in [1.29, 1.82) is 0 Å². The van der Waals surface area contributed by atoms with Crippen LogP contribution in [0.1, 0.15) is 25.7 Å². The molecule has 0 aliphatic heterocycles. The molecule has 0 bridgehead atoms. The van der Waals surface area contributed by atoms with Crippen molar-refractivity contribution in [1.82, 2.24) is 4.90 Å². The van der Waals surface area contributed by atoms with Gasteiger partial charge in [0.05, 0.1) is 12.5 Å². The zero-order valence-corrected chi connectivity index (χ0v) is 9.83. The maximum Gasteiger partial charge on any atom is 0.392 e. The van der Waals surface area contributed by atoms with E-state index in [0.29, 0.717) is 19.3 Å². The largest absolute Gasteiger partial charge is 0.395 e. The van der Waals surface area contributed by atoms with Crippen LogP contribution in [0.2, 0.25) is 0 Å². The van der Waals surface area contributed by atoms with E-state index in [1.165, 1.54) is 11.9 Å². The van der Waals surface area contributed by atoms with Crippen molar-refractivity contribution in [3.63, 3.8) is 0 Å². The van der Waals surface area contributed by atoms with Crippen molar-refractivity contribution >= 4 is 5.91 Å². The van der Waals surface area contributed by atoms with Gasteiger partial charge in [-0.3, -0.25) is 4.79 Å². The van der Waals surface area contributed by atoms with Crippen LogP contribution < -0.4 is 0 Å². The first-order valence-electron chi connectivity index (χ1n) is 5.80. The van der Waals surface area contributed by atoms with Gasteiger partial charge in [0, 0.05) is 19.5 Å². The summed E-state index contributed by atoms with van der Waals surface area (Å²) in [6.07, 6.45) is -2.79. The fourth-order valence-electron chi connectivity index (χ4n) is 2.36. The Balaban J connectivity index is 2.74. The van der Waals surface area contributed by atoms with Crippen molar-refractivity contribution < 1.29 is 23.1 Å². The Morgan fingerprint density at radius 2 is 1.94 bits per heavy atom. The summed E-state index contributed by atoms with van der Waals surface area (Å²) >= 11 is 0. The maximum absolute atomic E-state index is 12.8. The Hall–Kier alpha value is -0.780. The number of halogens is 3. The molecule has 1 rings (SSSR count). The number of carbonyl (C=O) groups is 1. The van der Waals surface area contributed by atoms with Crippen LogP contribution in [0.25, 0.3) is 0 Å². The average Bonchev–Trinajstić information content (AvgIpc) is 2.27. The molecule has 0 radical (unpaired) electrons. The second kappa shape index (κ2) is 5.71. The maximum atomic E-state index is 12.8. The number of rotatable bonds is 3. The molecular weight excluding hydrogens is 235 g/mol. The van der Waals surface area contributed by atoms with E-state index >= 15 is 0 Å². The summed E-state index contributed by atoms with van der Waals surface area (Å²) < 4.78 is 38.3. The average molecular weight is 253 g/mol. The van der Waals surface area contributed by atoms with Crippen LogP contribution in [0, 0.1) is 11.8 Å². The summed E-state index contributed by atoms with van der Waals surface area (Å²) in [5.74, 6) is -2.99. The molecule has 1 saturated carbocycles. The van der Waals surface area contributed by atoms with Gasteiger partial charge in [0.15, 0.2) is 0 Å². The predicted molar refractivity (Wildman–Crippen MR) is 56.2 cm³/mol. The molecule has 17 heavy (non-hydrogen) atoms. The summed E-state index contributed by atoms with van der Waals surface area (Å²) in [6, 6.07) is 0.